The number of urea groups is 1. The zero-order valence-electron chi connectivity index (χ0n) is 16.0. The van der Waals surface area contributed by atoms with Gasteiger partial charge in [-0.3, -0.25) is 4.79 Å². The number of likely N-dealkylation sites (tertiary alicyclic amines) is 1. The topological polar surface area (TPSA) is 73.5 Å². The second-order valence-corrected chi connectivity index (χ2v) is 7.51. The highest BCUT2D eigenvalue weighted by Gasteiger charge is 2.23. The molecule has 2 atom stereocenters. The van der Waals surface area contributed by atoms with Crippen molar-refractivity contribution in [3.63, 3.8) is 0 Å². The molecule has 2 unspecified atom stereocenters. The van der Waals surface area contributed by atoms with E-state index < -0.39 is 0 Å². The Hall–Kier alpha value is -1.79. The van der Waals surface area contributed by atoms with Gasteiger partial charge in [0.05, 0.1) is 11.4 Å². The summed E-state index contributed by atoms with van der Waals surface area (Å²) < 4.78 is 0. The molecule has 2 saturated heterocycles. The number of para-hydroxylation sites is 2. The summed E-state index contributed by atoms with van der Waals surface area (Å²) in [6.07, 6.45) is 4.98. The average Bonchev–Trinajstić information content (AvgIpc) is 3.19. The summed E-state index contributed by atoms with van der Waals surface area (Å²) >= 11 is 0. The minimum absolute atomic E-state index is 0. The molecule has 2 fully saturated rings. The highest BCUT2D eigenvalue weighted by Crippen LogP contribution is 2.25. The van der Waals surface area contributed by atoms with Gasteiger partial charge in [-0.15, -0.1) is 12.4 Å². The lowest BCUT2D eigenvalue weighted by molar-refractivity contribution is -0.117. The Morgan fingerprint density at radius 1 is 1.15 bits per heavy atom. The SMILES string of the molecule is CC(CC(=O)Nc1ccccc1NC(=O)N1CCCC1)C1CCCNC1.Cl. The Morgan fingerprint density at radius 2 is 1.81 bits per heavy atom. The first-order chi connectivity index (χ1) is 12.6. The lowest BCUT2D eigenvalue weighted by Gasteiger charge is -2.28. The number of anilines is 2. The highest BCUT2D eigenvalue weighted by molar-refractivity contribution is 5.99. The molecule has 3 N–H and O–H groups in total. The minimum Gasteiger partial charge on any atom is -0.325 e. The second-order valence-electron chi connectivity index (χ2n) is 7.51. The number of carbonyl (C=O) groups is 2. The van der Waals surface area contributed by atoms with E-state index in [0.717, 1.165) is 39.0 Å². The van der Waals surface area contributed by atoms with E-state index in [1.807, 2.05) is 29.2 Å². The number of nitrogens with zero attached hydrogens (tertiary/aromatic N) is 1. The fraction of sp³-hybridized carbons (Fsp3) is 0.600. The maximum absolute atomic E-state index is 12.5. The third kappa shape index (κ3) is 6.11. The quantitative estimate of drug-likeness (QED) is 0.712. The van der Waals surface area contributed by atoms with Crippen LogP contribution in [-0.2, 0) is 4.79 Å². The molecule has 1 aromatic rings. The van der Waals surface area contributed by atoms with Gasteiger partial charge in [0, 0.05) is 19.5 Å². The van der Waals surface area contributed by atoms with Crippen LogP contribution in [0.3, 0.4) is 0 Å². The van der Waals surface area contributed by atoms with E-state index in [2.05, 4.69) is 22.9 Å². The third-order valence-corrected chi connectivity index (χ3v) is 5.48. The molecule has 2 heterocycles. The van der Waals surface area contributed by atoms with Gasteiger partial charge in [-0.1, -0.05) is 19.1 Å². The van der Waals surface area contributed by atoms with Gasteiger partial charge in [0.2, 0.25) is 5.91 Å². The molecule has 2 aliphatic rings. The second kappa shape index (κ2) is 10.5. The lowest BCUT2D eigenvalue weighted by Crippen LogP contribution is -2.34. The summed E-state index contributed by atoms with van der Waals surface area (Å²) in [6, 6.07) is 7.31. The molecule has 6 nitrogen and oxygen atoms in total. The van der Waals surface area contributed by atoms with Crippen molar-refractivity contribution < 1.29 is 9.59 Å². The summed E-state index contributed by atoms with van der Waals surface area (Å²) in [7, 11) is 0. The van der Waals surface area contributed by atoms with Crippen molar-refractivity contribution in [2.45, 2.75) is 39.0 Å². The molecule has 150 valence electrons. The summed E-state index contributed by atoms with van der Waals surface area (Å²) in [5.74, 6) is 0.903. The van der Waals surface area contributed by atoms with E-state index >= 15 is 0 Å². The van der Waals surface area contributed by atoms with Gasteiger partial charge < -0.3 is 20.9 Å². The molecule has 0 aliphatic carbocycles. The predicted molar refractivity (Wildman–Crippen MR) is 112 cm³/mol. The Morgan fingerprint density at radius 3 is 2.44 bits per heavy atom. The van der Waals surface area contributed by atoms with E-state index in [1.165, 1.54) is 12.8 Å². The average molecular weight is 395 g/mol. The van der Waals surface area contributed by atoms with Crippen LogP contribution in [0.25, 0.3) is 0 Å². The van der Waals surface area contributed by atoms with Gasteiger partial charge in [0.25, 0.3) is 0 Å². The molecule has 2 aliphatic heterocycles. The maximum Gasteiger partial charge on any atom is 0.321 e. The summed E-state index contributed by atoms with van der Waals surface area (Å²) in [5, 5.41) is 9.33. The summed E-state index contributed by atoms with van der Waals surface area (Å²) in [5.41, 5.74) is 1.32. The first kappa shape index (κ1) is 21.5. The van der Waals surface area contributed by atoms with Gasteiger partial charge >= 0.3 is 6.03 Å². The molecule has 0 aromatic heterocycles. The zero-order chi connectivity index (χ0) is 18.4. The van der Waals surface area contributed by atoms with Crippen LogP contribution in [0.15, 0.2) is 24.3 Å². The number of hydrogen-bond acceptors (Lipinski definition) is 3. The molecular formula is C20H31ClN4O2. The van der Waals surface area contributed by atoms with Gasteiger partial charge in [0.15, 0.2) is 0 Å². The molecule has 3 amide bonds. The highest BCUT2D eigenvalue weighted by atomic mass is 35.5. The van der Waals surface area contributed by atoms with Crippen molar-refractivity contribution >= 4 is 35.7 Å². The van der Waals surface area contributed by atoms with Crippen LogP contribution in [0.5, 0.6) is 0 Å². The van der Waals surface area contributed by atoms with Crippen molar-refractivity contribution in [3.05, 3.63) is 24.3 Å². The molecule has 0 spiro atoms. The van der Waals surface area contributed by atoms with Gasteiger partial charge in [-0.25, -0.2) is 4.79 Å². The number of benzene rings is 1. The Bertz CT molecular complexity index is 628. The minimum atomic E-state index is -0.0918. The molecule has 0 bridgehead atoms. The monoisotopic (exact) mass is 394 g/mol. The number of amides is 3. The largest absolute Gasteiger partial charge is 0.325 e. The predicted octanol–water partition coefficient (Wildman–Crippen LogP) is 3.70. The molecule has 0 saturated carbocycles. The van der Waals surface area contributed by atoms with Crippen LogP contribution < -0.4 is 16.0 Å². The molecule has 1 aromatic carbocycles. The van der Waals surface area contributed by atoms with Crippen molar-refractivity contribution in [2.24, 2.45) is 11.8 Å². The summed E-state index contributed by atoms with van der Waals surface area (Å²) in [6.45, 7) is 5.83. The van der Waals surface area contributed by atoms with Gasteiger partial charge in [-0.2, -0.15) is 0 Å². The van der Waals surface area contributed by atoms with Crippen LogP contribution in [0, 0.1) is 11.8 Å². The van der Waals surface area contributed by atoms with Crippen LogP contribution in [0.4, 0.5) is 16.2 Å². The molecule has 27 heavy (non-hydrogen) atoms. The lowest BCUT2D eigenvalue weighted by atomic mass is 9.85. The fourth-order valence-electron chi connectivity index (χ4n) is 3.84. The third-order valence-electron chi connectivity index (χ3n) is 5.48. The Balaban J connectivity index is 0.00000261. The number of rotatable bonds is 5. The Labute approximate surface area is 167 Å². The molecule has 0 radical (unpaired) electrons. The first-order valence-electron chi connectivity index (χ1n) is 9.79. The van der Waals surface area contributed by atoms with Crippen molar-refractivity contribution in [1.29, 1.82) is 0 Å². The molecular weight excluding hydrogens is 364 g/mol. The zero-order valence-corrected chi connectivity index (χ0v) is 16.8. The smallest absolute Gasteiger partial charge is 0.321 e. The van der Waals surface area contributed by atoms with Gasteiger partial charge in [0.1, 0.15) is 0 Å². The fourth-order valence-corrected chi connectivity index (χ4v) is 3.84. The van der Waals surface area contributed by atoms with Crippen molar-refractivity contribution in [3.8, 4) is 0 Å². The number of halogens is 1. The standard InChI is InChI=1S/C20H30N4O2.ClH/c1-15(16-7-6-10-21-14-16)13-19(25)22-17-8-2-3-9-18(17)23-20(26)24-11-4-5-12-24;/h2-3,8-9,15-16,21H,4-7,10-14H2,1H3,(H,22,25)(H,23,26);1H. The molecule has 7 heteroatoms. The van der Waals surface area contributed by atoms with E-state index in [1.54, 1.807) is 0 Å². The maximum atomic E-state index is 12.5. The van der Waals surface area contributed by atoms with Gasteiger partial charge in [-0.05, 0) is 62.7 Å². The Kier molecular flexibility index (Phi) is 8.38. The van der Waals surface area contributed by atoms with Crippen LogP contribution >= 0.6 is 12.4 Å². The van der Waals surface area contributed by atoms with Crippen molar-refractivity contribution in [1.82, 2.24) is 10.2 Å². The summed E-state index contributed by atoms with van der Waals surface area (Å²) in [4.78, 5) is 26.7. The number of piperidine rings is 1. The van der Waals surface area contributed by atoms with E-state index in [0.29, 0.717) is 29.6 Å². The van der Waals surface area contributed by atoms with Crippen LogP contribution in [0.1, 0.15) is 39.0 Å². The normalized spacial score (nSPS) is 20.5. The number of carbonyl (C=O) groups excluding carboxylic acids is 2. The van der Waals surface area contributed by atoms with E-state index in [9.17, 15) is 9.59 Å². The van der Waals surface area contributed by atoms with E-state index in [-0.39, 0.29) is 24.3 Å². The van der Waals surface area contributed by atoms with Crippen LogP contribution in [0.2, 0.25) is 0 Å². The number of nitrogens with one attached hydrogen (secondary N) is 3. The first-order valence-corrected chi connectivity index (χ1v) is 9.79. The van der Waals surface area contributed by atoms with Crippen LogP contribution in [-0.4, -0.2) is 43.0 Å². The van der Waals surface area contributed by atoms with Crippen molar-refractivity contribution in [2.75, 3.05) is 36.8 Å². The van der Waals surface area contributed by atoms with E-state index in [4.69, 9.17) is 0 Å². The number of hydrogen-bond donors (Lipinski definition) is 3. The molecule has 3 rings (SSSR count).